The monoisotopic (exact) mass is 295 g/mol. The fourth-order valence-electron chi connectivity index (χ4n) is 1.73. The lowest BCUT2D eigenvalue weighted by atomic mass is 10.2. The summed E-state index contributed by atoms with van der Waals surface area (Å²) in [5, 5.41) is 2.70. The predicted octanol–water partition coefficient (Wildman–Crippen LogP) is 1.14. The lowest BCUT2D eigenvalue weighted by Crippen LogP contribution is -2.39. The van der Waals surface area contributed by atoms with Crippen LogP contribution in [0.4, 0.5) is 4.39 Å². The molecule has 0 heterocycles. The molecule has 0 bridgehead atoms. The summed E-state index contributed by atoms with van der Waals surface area (Å²) in [6.45, 7) is 2.70. The van der Waals surface area contributed by atoms with Crippen LogP contribution in [-0.4, -0.2) is 42.9 Å². The van der Waals surface area contributed by atoms with Crippen LogP contribution in [0, 0.1) is 5.82 Å². The number of nitrogens with two attached hydrogens (primary N) is 1. The van der Waals surface area contributed by atoms with Gasteiger partial charge in [0.05, 0.1) is 0 Å². The van der Waals surface area contributed by atoms with E-state index < -0.39 is 0 Å². The van der Waals surface area contributed by atoms with Crippen LogP contribution < -0.4 is 11.1 Å². The number of hydrogen-bond acceptors (Lipinski definition) is 3. The minimum atomic E-state index is -0.380. The van der Waals surface area contributed by atoms with Gasteiger partial charge in [0.15, 0.2) is 0 Å². The molecule has 0 radical (unpaired) electrons. The smallest absolute Gasteiger partial charge is 0.251 e. The van der Waals surface area contributed by atoms with Crippen LogP contribution >= 0.6 is 0 Å². The van der Waals surface area contributed by atoms with Crippen LogP contribution in [0.25, 0.3) is 0 Å². The van der Waals surface area contributed by atoms with E-state index in [4.69, 9.17) is 5.73 Å². The first-order valence-electron chi connectivity index (χ1n) is 6.95. The number of amides is 2. The van der Waals surface area contributed by atoms with E-state index in [0.717, 1.165) is 0 Å². The van der Waals surface area contributed by atoms with Gasteiger partial charge in [-0.05, 0) is 37.6 Å². The molecule has 3 N–H and O–H groups in total. The van der Waals surface area contributed by atoms with E-state index in [-0.39, 0.29) is 23.7 Å². The normalized spacial score (nSPS) is 11.8. The van der Waals surface area contributed by atoms with Crippen molar-refractivity contribution in [2.45, 2.75) is 25.8 Å². The van der Waals surface area contributed by atoms with Crippen LogP contribution in [0.2, 0.25) is 0 Å². The molecule has 0 saturated heterocycles. The Morgan fingerprint density at radius 1 is 1.33 bits per heavy atom. The highest BCUT2D eigenvalue weighted by molar-refractivity contribution is 5.94. The summed E-state index contributed by atoms with van der Waals surface area (Å²) in [7, 11) is 1.72. The number of carbonyl (C=O) groups is 2. The average Bonchev–Trinajstić information content (AvgIpc) is 2.50. The molecule has 1 aromatic rings. The van der Waals surface area contributed by atoms with Gasteiger partial charge in [0.25, 0.3) is 5.91 Å². The van der Waals surface area contributed by atoms with Gasteiger partial charge in [-0.3, -0.25) is 9.59 Å². The number of carbonyl (C=O) groups excluding carboxylic acids is 2. The van der Waals surface area contributed by atoms with Crippen molar-refractivity contribution >= 4 is 11.8 Å². The van der Waals surface area contributed by atoms with Crippen molar-refractivity contribution in [1.29, 1.82) is 0 Å². The van der Waals surface area contributed by atoms with Crippen molar-refractivity contribution < 1.29 is 14.0 Å². The highest BCUT2D eigenvalue weighted by atomic mass is 19.1. The molecule has 1 unspecified atom stereocenters. The van der Waals surface area contributed by atoms with Crippen molar-refractivity contribution in [2.24, 2.45) is 5.73 Å². The van der Waals surface area contributed by atoms with Crippen LogP contribution in [0.5, 0.6) is 0 Å². The Balaban J connectivity index is 2.29. The number of likely N-dealkylation sites (N-methyl/N-ethyl adjacent to an activating group) is 1. The minimum absolute atomic E-state index is 0.00369. The molecule has 1 rings (SSSR count). The first kappa shape index (κ1) is 17.1. The van der Waals surface area contributed by atoms with Gasteiger partial charge in [-0.1, -0.05) is 0 Å². The Labute approximate surface area is 124 Å². The number of halogens is 1. The Morgan fingerprint density at radius 3 is 2.52 bits per heavy atom. The number of nitrogens with one attached hydrogen (secondary N) is 1. The highest BCUT2D eigenvalue weighted by Crippen LogP contribution is 2.03. The van der Waals surface area contributed by atoms with Crippen molar-refractivity contribution in [1.82, 2.24) is 10.2 Å². The summed E-state index contributed by atoms with van der Waals surface area (Å²) in [4.78, 5) is 25.2. The van der Waals surface area contributed by atoms with E-state index in [2.05, 4.69) is 5.32 Å². The van der Waals surface area contributed by atoms with Crippen LogP contribution in [0.1, 0.15) is 30.1 Å². The van der Waals surface area contributed by atoms with Crippen LogP contribution in [0.3, 0.4) is 0 Å². The van der Waals surface area contributed by atoms with Gasteiger partial charge in [0.2, 0.25) is 5.91 Å². The number of rotatable bonds is 7. The lowest BCUT2D eigenvalue weighted by Gasteiger charge is -2.23. The molecule has 1 atom stereocenters. The molecular formula is C15H22FN3O2. The Kier molecular flexibility index (Phi) is 6.81. The molecule has 0 aliphatic rings. The molecule has 0 aromatic heterocycles. The molecule has 2 amide bonds. The SMILES string of the molecule is CC(CN)N(C)C(=O)CCCNC(=O)c1ccc(F)cc1. The third-order valence-corrected chi connectivity index (χ3v) is 3.36. The summed E-state index contributed by atoms with van der Waals surface area (Å²) < 4.78 is 12.7. The second kappa shape index (κ2) is 8.36. The Bertz CT molecular complexity index is 476. The van der Waals surface area contributed by atoms with Gasteiger partial charge in [-0.25, -0.2) is 4.39 Å². The van der Waals surface area contributed by atoms with Gasteiger partial charge in [-0.2, -0.15) is 0 Å². The summed E-state index contributed by atoms with van der Waals surface area (Å²) in [5.74, 6) is -0.649. The third-order valence-electron chi connectivity index (χ3n) is 3.36. The zero-order valence-corrected chi connectivity index (χ0v) is 12.4. The summed E-state index contributed by atoms with van der Waals surface area (Å²) >= 11 is 0. The molecule has 5 nitrogen and oxygen atoms in total. The van der Waals surface area contributed by atoms with Crippen molar-refractivity contribution in [2.75, 3.05) is 20.1 Å². The first-order chi connectivity index (χ1) is 9.95. The molecule has 1 aromatic carbocycles. The molecular weight excluding hydrogens is 273 g/mol. The quantitative estimate of drug-likeness (QED) is 0.741. The second-order valence-electron chi connectivity index (χ2n) is 4.96. The summed E-state index contributed by atoms with van der Waals surface area (Å²) in [6, 6.07) is 5.33. The topological polar surface area (TPSA) is 75.4 Å². The lowest BCUT2D eigenvalue weighted by molar-refractivity contribution is -0.131. The van der Waals surface area contributed by atoms with Crippen LogP contribution in [0.15, 0.2) is 24.3 Å². The first-order valence-corrected chi connectivity index (χ1v) is 6.95. The zero-order chi connectivity index (χ0) is 15.8. The van der Waals surface area contributed by atoms with Crippen molar-refractivity contribution in [3.63, 3.8) is 0 Å². The number of hydrogen-bond donors (Lipinski definition) is 2. The maximum atomic E-state index is 12.7. The fraction of sp³-hybridized carbons (Fsp3) is 0.467. The number of benzene rings is 1. The third kappa shape index (κ3) is 5.51. The summed E-state index contributed by atoms with van der Waals surface area (Å²) in [5.41, 5.74) is 5.90. The van der Waals surface area contributed by atoms with E-state index in [1.165, 1.54) is 24.3 Å². The average molecular weight is 295 g/mol. The predicted molar refractivity (Wildman–Crippen MR) is 79.3 cm³/mol. The van der Waals surface area contributed by atoms with Gasteiger partial charge >= 0.3 is 0 Å². The molecule has 0 aliphatic carbocycles. The Morgan fingerprint density at radius 2 is 1.95 bits per heavy atom. The van der Waals surface area contributed by atoms with Gasteiger partial charge in [0, 0.05) is 38.2 Å². The molecule has 21 heavy (non-hydrogen) atoms. The zero-order valence-electron chi connectivity index (χ0n) is 12.4. The van der Waals surface area contributed by atoms with Crippen molar-refractivity contribution in [3.05, 3.63) is 35.6 Å². The second-order valence-corrected chi connectivity index (χ2v) is 4.96. The fourth-order valence-corrected chi connectivity index (χ4v) is 1.73. The maximum Gasteiger partial charge on any atom is 0.251 e. The maximum absolute atomic E-state index is 12.7. The van der Waals surface area contributed by atoms with E-state index >= 15 is 0 Å². The van der Waals surface area contributed by atoms with E-state index in [1.54, 1.807) is 11.9 Å². The van der Waals surface area contributed by atoms with Gasteiger partial charge in [-0.15, -0.1) is 0 Å². The van der Waals surface area contributed by atoms with Crippen LogP contribution in [-0.2, 0) is 4.79 Å². The van der Waals surface area contributed by atoms with E-state index in [1.807, 2.05) is 6.92 Å². The molecule has 0 saturated carbocycles. The van der Waals surface area contributed by atoms with E-state index in [0.29, 0.717) is 31.5 Å². The van der Waals surface area contributed by atoms with Gasteiger partial charge < -0.3 is 16.0 Å². The molecule has 0 aliphatic heterocycles. The van der Waals surface area contributed by atoms with E-state index in [9.17, 15) is 14.0 Å². The largest absolute Gasteiger partial charge is 0.352 e. The van der Waals surface area contributed by atoms with Gasteiger partial charge in [0.1, 0.15) is 5.82 Å². The van der Waals surface area contributed by atoms with Crippen molar-refractivity contribution in [3.8, 4) is 0 Å². The molecule has 6 heteroatoms. The molecule has 116 valence electrons. The standard InChI is InChI=1S/C15H22FN3O2/c1-11(10-17)19(2)14(20)4-3-9-18-15(21)12-5-7-13(16)8-6-12/h5-8,11H,3-4,9-10,17H2,1-2H3,(H,18,21). The summed E-state index contributed by atoms with van der Waals surface area (Å²) in [6.07, 6.45) is 0.901. The Hall–Kier alpha value is -1.95. The highest BCUT2D eigenvalue weighted by Gasteiger charge is 2.13. The molecule has 0 spiro atoms. The number of nitrogens with zero attached hydrogens (tertiary/aromatic N) is 1. The minimum Gasteiger partial charge on any atom is -0.352 e. The molecule has 0 fully saturated rings.